The van der Waals surface area contributed by atoms with Crippen LogP contribution >= 0.6 is 0 Å². The molecule has 0 radical (unpaired) electrons. The third kappa shape index (κ3) is 0.778. The number of aromatic hydroxyl groups is 2. The summed E-state index contributed by atoms with van der Waals surface area (Å²) in [4.78, 5) is 0. The standard InChI is InChI=1S/C6H5N3O2/c10-3-1-4-6(5(11)2-3)8-9-7-4/h1-2,10-11H,(H,7,8,9). The minimum atomic E-state index is -0.0752. The van der Waals surface area contributed by atoms with Crippen LogP contribution in [0.5, 0.6) is 11.5 Å². The Balaban J connectivity index is 2.91. The highest BCUT2D eigenvalue weighted by atomic mass is 16.3. The lowest BCUT2D eigenvalue weighted by Gasteiger charge is -1.92. The molecule has 2 rings (SSSR count). The quantitative estimate of drug-likeness (QED) is 0.508. The molecule has 0 aliphatic carbocycles. The van der Waals surface area contributed by atoms with Gasteiger partial charge in [-0.3, -0.25) is 0 Å². The Morgan fingerprint density at radius 3 is 2.82 bits per heavy atom. The normalized spacial score (nSPS) is 10.5. The van der Waals surface area contributed by atoms with E-state index in [0.717, 1.165) is 0 Å². The summed E-state index contributed by atoms with van der Waals surface area (Å²) in [6, 6.07) is 2.63. The monoisotopic (exact) mass is 151 g/mol. The number of phenolic OH excluding ortho intramolecular Hbond substituents is 2. The lowest BCUT2D eigenvalue weighted by Crippen LogP contribution is -1.71. The summed E-state index contributed by atoms with van der Waals surface area (Å²) in [5.74, 6) is -0.0994. The Morgan fingerprint density at radius 1 is 1.18 bits per heavy atom. The van der Waals surface area contributed by atoms with Crippen molar-refractivity contribution in [1.82, 2.24) is 15.4 Å². The average molecular weight is 151 g/mol. The van der Waals surface area contributed by atoms with E-state index in [4.69, 9.17) is 10.2 Å². The molecule has 1 aromatic carbocycles. The zero-order valence-corrected chi connectivity index (χ0v) is 5.44. The number of rotatable bonds is 0. The van der Waals surface area contributed by atoms with E-state index >= 15 is 0 Å². The Morgan fingerprint density at radius 2 is 2.00 bits per heavy atom. The second-order valence-electron chi connectivity index (χ2n) is 2.16. The first-order valence-electron chi connectivity index (χ1n) is 3.00. The molecule has 0 spiro atoms. The average Bonchev–Trinajstić information content (AvgIpc) is 2.34. The van der Waals surface area contributed by atoms with Crippen LogP contribution < -0.4 is 0 Å². The number of aromatic amines is 1. The van der Waals surface area contributed by atoms with E-state index in [0.29, 0.717) is 11.0 Å². The van der Waals surface area contributed by atoms with Crippen LogP contribution in [0.3, 0.4) is 0 Å². The molecule has 1 aromatic heterocycles. The number of hydrogen-bond donors (Lipinski definition) is 3. The molecule has 56 valence electrons. The van der Waals surface area contributed by atoms with Gasteiger partial charge in [-0.2, -0.15) is 15.4 Å². The van der Waals surface area contributed by atoms with Crippen molar-refractivity contribution >= 4 is 11.0 Å². The van der Waals surface area contributed by atoms with Crippen LogP contribution in [0.4, 0.5) is 0 Å². The van der Waals surface area contributed by atoms with E-state index in [1.807, 2.05) is 0 Å². The topological polar surface area (TPSA) is 82.0 Å². The molecule has 0 aliphatic heterocycles. The molecular formula is C6H5N3O2. The predicted octanol–water partition coefficient (Wildman–Crippen LogP) is 0.369. The Bertz CT molecular complexity index is 396. The summed E-state index contributed by atoms with van der Waals surface area (Å²) in [5.41, 5.74) is 0.810. The zero-order valence-electron chi connectivity index (χ0n) is 5.44. The number of benzene rings is 1. The molecule has 0 saturated carbocycles. The highest BCUT2D eigenvalue weighted by Crippen LogP contribution is 2.25. The number of hydrogen-bond acceptors (Lipinski definition) is 4. The van der Waals surface area contributed by atoms with Crippen LogP contribution in [-0.4, -0.2) is 25.6 Å². The summed E-state index contributed by atoms with van der Waals surface area (Å²) in [7, 11) is 0. The lowest BCUT2D eigenvalue weighted by atomic mass is 10.3. The maximum Gasteiger partial charge on any atom is 0.154 e. The van der Waals surface area contributed by atoms with Crippen molar-refractivity contribution in [3.8, 4) is 11.5 Å². The highest BCUT2D eigenvalue weighted by Gasteiger charge is 2.04. The van der Waals surface area contributed by atoms with Crippen molar-refractivity contribution in [2.24, 2.45) is 0 Å². The second kappa shape index (κ2) is 1.85. The Labute approximate surface area is 61.3 Å². The molecule has 5 nitrogen and oxygen atoms in total. The van der Waals surface area contributed by atoms with Gasteiger partial charge in [0.15, 0.2) is 5.52 Å². The van der Waals surface area contributed by atoms with Gasteiger partial charge < -0.3 is 10.2 Å². The zero-order chi connectivity index (χ0) is 7.84. The minimum absolute atomic E-state index is 0.0242. The van der Waals surface area contributed by atoms with Gasteiger partial charge in [0.2, 0.25) is 0 Å². The second-order valence-corrected chi connectivity index (χ2v) is 2.16. The van der Waals surface area contributed by atoms with Gasteiger partial charge in [0.05, 0.1) is 0 Å². The van der Waals surface area contributed by atoms with Gasteiger partial charge in [0, 0.05) is 12.1 Å². The van der Waals surface area contributed by atoms with Crippen molar-refractivity contribution in [2.75, 3.05) is 0 Å². The van der Waals surface area contributed by atoms with E-state index in [9.17, 15) is 0 Å². The Hall–Kier alpha value is -1.78. The molecule has 0 saturated heterocycles. The number of nitrogens with one attached hydrogen (secondary N) is 1. The lowest BCUT2D eigenvalue weighted by molar-refractivity contribution is 0.454. The maximum atomic E-state index is 9.16. The molecule has 0 unspecified atom stereocenters. The summed E-state index contributed by atoms with van der Waals surface area (Å²) in [6.07, 6.45) is 0. The molecular weight excluding hydrogens is 146 g/mol. The number of aromatic nitrogens is 3. The first-order chi connectivity index (χ1) is 5.27. The Kier molecular flexibility index (Phi) is 1.00. The van der Waals surface area contributed by atoms with E-state index in [-0.39, 0.29) is 11.5 Å². The van der Waals surface area contributed by atoms with Gasteiger partial charge in [-0.05, 0) is 0 Å². The van der Waals surface area contributed by atoms with Gasteiger partial charge >= 0.3 is 0 Å². The molecule has 0 bridgehead atoms. The van der Waals surface area contributed by atoms with Gasteiger partial charge in [0.25, 0.3) is 0 Å². The summed E-state index contributed by atoms with van der Waals surface area (Å²) < 4.78 is 0. The first kappa shape index (κ1) is 5.96. The molecule has 3 N–H and O–H groups in total. The van der Waals surface area contributed by atoms with Gasteiger partial charge in [-0.1, -0.05) is 0 Å². The number of H-pyrrole nitrogens is 1. The van der Waals surface area contributed by atoms with E-state index in [2.05, 4.69) is 15.4 Å². The first-order valence-corrected chi connectivity index (χ1v) is 3.00. The fraction of sp³-hybridized carbons (Fsp3) is 0. The van der Waals surface area contributed by atoms with Crippen molar-refractivity contribution in [3.63, 3.8) is 0 Å². The molecule has 0 atom stereocenters. The predicted molar refractivity (Wildman–Crippen MR) is 37.2 cm³/mol. The van der Waals surface area contributed by atoms with Crippen LogP contribution in [0.1, 0.15) is 0 Å². The van der Waals surface area contributed by atoms with Gasteiger partial charge in [-0.25, -0.2) is 0 Å². The maximum absolute atomic E-state index is 9.16. The van der Waals surface area contributed by atoms with Crippen LogP contribution in [0.2, 0.25) is 0 Å². The highest BCUT2D eigenvalue weighted by molar-refractivity contribution is 5.81. The van der Waals surface area contributed by atoms with E-state index in [1.165, 1.54) is 12.1 Å². The van der Waals surface area contributed by atoms with Crippen molar-refractivity contribution in [1.29, 1.82) is 0 Å². The molecule has 0 amide bonds. The fourth-order valence-corrected chi connectivity index (χ4v) is 0.918. The SMILES string of the molecule is Oc1cc(O)c2n[nH]nc2c1. The van der Waals surface area contributed by atoms with Crippen LogP contribution in [-0.2, 0) is 0 Å². The summed E-state index contributed by atoms with van der Waals surface area (Å²) in [6.45, 7) is 0. The van der Waals surface area contributed by atoms with E-state index < -0.39 is 0 Å². The number of fused-ring (bicyclic) bond motifs is 1. The van der Waals surface area contributed by atoms with Crippen LogP contribution in [0.25, 0.3) is 11.0 Å². The molecule has 0 fully saturated rings. The molecule has 1 heterocycles. The van der Waals surface area contributed by atoms with Crippen molar-refractivity contribution < 1.29 is 10.2 Å². The summed E-state index contributed by atoms with van der Waals surface area (Å²) in [5, 5.41) is 27.8. The molecule has 0 aliphatic rings. The molecule has 2 aromatic rings. The van der Waals surface area contributed by atoms with Crippen LogP contribution in [0, 0.1) is 0 Å². The minimum Gasteiger partial charge on any atom is -0.508 e. The molecule has 5 heteroatoms. The molecule has 11 heavy (non-hydrogen) atoms. The summed E-state index contributed by atoms with van der Waals surface area (Å²) >= 11 is 0. The van der Waals surface area contributed by atoms with Gasteiger partial charge in [-0.15, -0.1) is 0 Å². The fourth-order valence-electron chi connectivity index (χ4n) is 0.918. The smallest absolute Gasteiger partial charge is 0.154 e. The number of phenols is 2. The third-order valence-corrected chi connectivity index (χ3v) is 1.39. The van der Waals surface area contributed by atoms with E-state index in [1.54, 1.807) is 0 Å². The van der Waals surface area contributed by atoms with Crippen molar-refractivity contribution in [2.45, 2.75) is 0 Å². The largest absolute Gasteiger partial charge is 0.508 e. The number of nitrogens with zero attached hydrogens (tertiary/aromatic N) is 2. The van der Waals surface area contributed by atoms with Crippen LogP contribution in [0.15, 0.2) is 12.1 Å². The third-order valence-electron chi connectivity index (χ3n) is 1.39. The van der Waals surface area contributed by atoms with Crippen molar-refractivity contribution in [3.05, 3.63) is 12.1 Å². The van der Waals surface area contributed by atoms with Gasteiger partial charge in [0.1, 0.15) is 17.0 Å².